The Hall–Kier alpha value is -2.56. The Morgan fingerprint density at radius 3 is 2.56 bits per heavy atom. The van der Waals surface area contributed by atoms with Gasteiger partial charge in [0.15, 0.2) is 0 Å². The first-order chi connectivity index (χ1) is 12.1. The lowest BCUT2D eigenvalue weighted by Gasteiger charge is -2.32. The quantitative estimate of drug-likeness (QED) is 0.909. The number of rotatable bonds is 5. The van der Waals surface area contributed by atoms with Crippen molar-refractivity contribution in [3.63, 3.8) is 0 Å². The zero-order valence-electron chi connectivity index (χ0n) is 14.5. The molecule has 0 bridgehead atoms. The zero-order chi connectivity index (χ0) is 17.6. The van der Waals surface area contributed by atoms with E-state index in [9.17, 15) is 9.59 Å². The Morgan fingerprint density at radius 2 is 1.92 bits per heavy atom. The van der Waals surface area contributed by atoms with Crippen molar-refractivity contribution in [3.05, 3.63) is 60.1 Å². The van der Waals surface area contributed by atoms with Crippen LogP contribution in [0.4, 0.5) is 0 Å². The molecule has 1 unspecified atom stereocenters. The monoisotopic (exact) mass is 340 g/mol. The standard InChI is InChI=1S/C20H24N2O3/c1-15(16-5-3-2-4-6-16)13-19(23)21-18-7-10-22(11-8-18)20(24)17-9-12-25-14-17/h2-6,9,12,14-15,18H,7-8,10-11,13H2,1H3,(H,21,23). The Bertz CT molecular complexity index is 689. The van der Waals surface area contributed by atoms with Crippen LogP contribution in [0.2, 0.25) is 0 Å². The van der Waals surface area contributed by atoms with E-state index in [1.807, 2.05) is 23.1 Å². The molecule has 1 aliphatic rings. The highest BCUT2D eigenvalue weighted by Gasteiger charge is 2.25. The van der Waals surface area contributed by atoms with Gasteiger partial charge in [-0.25, -0.2) is 0 Å². The highest BCUT2D eigenvalue weighted by atomic mass is 16.3. The van der Waals surface area contributed by atoms with Crippen LogP contribution in [0.15, 0.2) is 53.3 Å². The summed E-state index contributed by atoms with van der Waals surface area (Å²) in [5.74, 6) is 0.274. The van der Waals surface area contributed by atoms with Gasteiger partial charge in [0.25, 0.3) is 5.91 Å². The fraction of sp³-hybridized carbons (Fsp3) is 0.400. The first-order valence-electron chi connectivity index (χ1n) is 8.79. The number of piperidine rings is 1. The van der Waals surface area contributed by atoms with Crippen molar-refractivity contribution in [2.45, 2.75) is 38.1 Å². The van der Waals surface area contributed by atoms with Gasteiger partial charge >= 0.3 is 0 Å². The van der Waals surface area contributed by atoms with E-state index in [1.165, 1.54) is 18.1 Å². The van der Waals surface area contributed by atoms with Crippen LogP contribution < -0.4 is 5.32 Å². The summed E-state index contributed by atoms with van der Waals surface area (Å²) in [5.41, 5.74) is 1.76. The molecule has 2 amide bonds. The second-order valence-electron chi connectivity index (χ2n) is 6.66. The van der Waals surface area contributed by atoms with E-state index in [4.69, 9.17) is 4.42 Å². The lowest BCUT2D eigenvalue weighted by atomic mass is 9.97. The molecule has 0 spiro atoms. The molecule has 2 heterocycles. The van der Waals surface area contributed by atoms with Crippen LogP contribution >= 0.6 is 0 Å². The third kappa shape index (κ3) is 4.50. The molecule has 5 heteroatoms. The van der Waals surface area contributed by atoms with Gasteiger partial charge in [-0.15, -0.1) is 0 Å². The topological polar surface area (TPSA) is 62.6 Å². The van der Waals surface area contributed by atoms with E-state index >= 15 is 0 Å². The van der Waals surface area contributed by atoms with E-state index in [2.05, 4.69) is 24.4 Å². The van der Waals surface area contributed by atoms with Gasteiger partial charge in [-0.2, -0.15) is 0 Å². The summed E-state index contributed by atoms with van der Waals surface area (Å²) in [6.07, 6.45) is 5.04. The largest absolute Gasteiger partial charge is 0.472 e. The average Bonchev–Trinajstić information content (AvgIpc) is 3.17. The number of nitrogens with zero attached hydrogens (tertiary/aromatic N) is 1. The normalized spacial score (nSPS) is 16.4. The minimum atomic E-state index is -0.00349. The highest BCUT2D eigenvalue weighted by Crippen LogP contribution is 2.19. The Morgan fingerprint density at radius 1 is 1.20 bits per heavy atom. The second kappa shape index (κ2) is 8.01. The maximum absolute atomic E-state index is 12.3. The first kappa shape index (κ1) is 17.3. The number of carbonyl (C=O) groups excluding carboxylic acids is 2. The fourth-order valence-corrected chi connectivity index (χ4v) is 3.26. The van der Waals surface area contributed by atoms with Crippen molar-refractivity contribution in [1.82, 2.24) is 10.2 Å². The molecule has 0 aliphatic carbocycles. The van der Waals surface area contributed by atoms with Gasteiger partial charge in [0.05, 0.1) is 11.8 Å². The summed E-state index contributed by atoms with van der Waals surface area (Å²) in [6, 6.07) is 11.9. The molecule has 1 saturated heterocycles. The molecule has 1 N–H and O–H groups in total. The van der Waals surface area contributed by atoms with E-state index < -0.39 is 0 Å². The van der Waals surface area contributed by atoms with Crippen molar-refractivity contribution in [1.29, 1.82) is 0 Å². The van der Waals surface area contributed by atoms with Crippen LogP contribution in [0, 0.1) is 0 Å². The molecule has 1 aromatic carbocycles. The summed E-state index contributed by atoms with van der Waals surface area (Å²) in [5, 5.41) is 3.12. The second-order valence-corrected chi connectivity index (χ2v) is 6.66. The van der Waals surface area contributed by atoms with E-state index in [0.29, 0.717) is 25.1 Å². The predicted molar refractivity (Wildman–Crippen MR) is 95.3 cm³/mol. The maximum atomic E-state index is 12.3. The minimum Gasteiger partial charge on any atom is -0.472 e. The first-order valence-corrected chi connectivity index (χ1v) is 8.79. The van der Waals surface area contributed by atoms with Crippen molar-refractivity contribution >= 4 is 11.8 Å². The Labute approximate surface area is 148 Å². The van der Waals surface area contributed by atoms with Gasteiger partial charge in [-0.3, -0.25) is 9.59 Å². The molecular formula is C20H24N2O3. The summed E-state index contributed by atoms with van der Waals surface area (Å²) in [7, 11) is 0. The third-order valence-electron chi connectivity index (χ3n) is 4.78. The van der Waals surface area contributed by atoms with Gasteiger partial charge < -0.3 is 14.6 Å². The number of benzene rings is 1. The zero-order valence-corrected chi connectivity index (χ0v) is 14.5. The lowest BCUT2D eigenvalue weighted by Crippen LogP contribution is -2.46. The molecule has 1 aliphatic heterocycles. The average molecular weight is 340 g/mol. The summed E-state index contributed by atoms with van der Waals surface area (Å²) < 4.78 is 4.97. The molecule has 0 radical (unpaired) electrons. The molecule has 132 valence electrons. The highest BCUT2D eigenvalue weighted by molar-refractivity contribution is 5.93. The minimum absolute atomic E-state index is 0.00349. The number of nitrogens with one attached hydrogen (secondary N) is 1. The summed E-state index contributed by atoms with van der Waals surface area (Å²) in [6.45, 7) is 3.38. The predicted octanol–water partition coefficient (Wildman–Crippen LogP) is 3.19. The van der Waals surface area contributed by atoms with E-state index in [-0.39, 0.29) is 23.8 Å². The number of likely N-dealkylation sites (tertiary alicyclic amines) is 1. The van der Waals surface area contributed by atoms with Crippen LogP contribution in [0.3, 0.4) is 0 Å². The molecule has 1 atom stereocenters. The van der Waals surface area contributed by atoms with Crippen LogP contribution in [-0.2, 0) is 4.79 Å². The van der Waals surface area contributed by atoms with E-state index in [0.717, 1.165) is 12.8 Å². The van der Waals surface area contributed by atoms with Crippen molar-refractivity contribution in [2.75, 3.05) is 13.1 Å². The van der Waals surface area contributed by atoms with Gasteiger partial charge in [-0.05, 0) is 30.4 Å². The smallest absolute Gasteiger partial charge is 0.257 e. The van der Waals surface area contributed by atoms with Crippen LogP contribution in [0.5, 0.6) is 0 Å². The molecule has 25 heavy (non-hydrogen) atoms. The molecule has 2 aromatic rings. The number of hydrogen-bond donors (Lipinski definition) is 1. The molecule has 1 fully saturated rings. The van der Waals surface area contributed by atoms with Crippen molar-refractivity contribution in [2.24, 2.45) is 0 Å². The van der Waals surface area contributed by atoms with Gasteiger partial charge in [-0.1, -0.05) is 37.3 Å². The number of furan rings is 1. The van der Waals surface area contributed by atoms with Gasteiger partial charge in [0.1, 0.15) is 6.26 Å². The van der Waals surface area contributed by atoms with Crippen LogP contribution in [-0.4, -0.2) is 35.8 Å². The molecule has 5 nitrogen and oxygen atoms in total. The van der Waals surface area contributed by atoms with Crippen molar-refractivity contribution < 1.29 is 14.0 Å². The third-order valence-corrected chi connectivity index (χ3v) is 4.78. The van der Waals surface area contributed by atoms with Gasteiger partial charge in [0, 0.05) is 25.6 Å². The maximum Gasteiger partial charge on any atom is 0.257 e. The number of amides is 2. The summed E-state index contributed by atoms with van der Waals surface area (Å²) >= 11 is 0. The number of hydrogen-bond acceptors (Lipinski definition) is 3. The molecule has 3 rings (SSSR count). The SMILES string of the molecule is CC(CC(=O)NC1CCN(C(=O)c2ccoc2)CC1)c1ccccc1. The lowest BCUT2D eigenvalue weighted by molar-refractivity contribution is -0.122. The van der Waals surface area contributed by atoms with E-state index in [1.54, 1.807) is 6.07 Å². The summed E-state index contributed by atoms with van der Waals surface area (Å²) in [4.78, 5) is 26.4. The number of carbonyl (C=O) groups is 2. The van der Waals surface area contributed by atoms with Gasteiger partial charge in [0.2, 0.25) is 5.91 Å². The Balaban J connectivity index is 1.44. The molecule has 1 aromatic heterocycles. The fourth-order valence-electron chi connectivity index (χ4n) is 3.26. The molecular weight excluding hydrogens is 316 g/mol. The van der Waals surface area contributed by atoms with Crippen molar-refractivity contribution in [3.8, 4) is 0 Å². The van der Waals surface area contributed by atoms with Crippen LogP contribution in [0.1, 0.15) is 48.0 Å². The van der Waals surface area contributed by atoms with Crippen LogP contribution in [0.25, 0.3) is 0 Å². The molecule has 0 saturated carbocycles. The Kier molecular flexibility index (Phi) is 5.53.